The molecule has 0 bridgehead atoms. The summed E-state index contributed by atoms with van der Waals surface area (Å²) >= 11 is 0. The van der Waals surface area contributed by atoms with E-state index in [9.17, 15) is 14.0 Å². The number of carboxylic acid groups (broad SMARTS) is 1. The van der Waals surface area contributed by atoms with Crippen molar-refractivity contribution in [3.63, 3.8) is 0 Å². The Morgan fingerprint density at radius 1 is 1.50 bits per heavy atom. The summed E-state index contributed by atoms with van der Waals surface area (Å²) in [7, 11) is 0. The van der Waals surface area contributed by atoms with E-state index in [-0.39, 0.29) is 17.6 Å². The van der Waals surface area contributed by atoms with Crippen LogP contribution in [0.1, 0.15) is 25.3 Å². The van der Waals surface area contributed by atoms with Gasteiger partial charge in [-0.25, -0.2) is 9.18 Å². The van der Waals surface area contributed by atoms with Gasteiger partial charge in [-0.3, -0.25) is 4.79 Å². The predicted octanol–water partition coefficient (Wildman–Crippen LogP) is 2.08. The normalized spacial score (nSPS) is 19.9. The Hall–Kier alpha value is -1.91. The maximum Gasteiger partial charge on any atom is 0.326 e. The number of rotatable bonds is 4. The van der Waals surface area contributed by atoms with Crippen molar-refractivity contribution < 1.29 is 19.1 Å². The zero-order chi connectivity index (χ0) is 14.7. The fraction of sp³-hybridized carbons (Fsp3) is 0.467. The van der Waals surface area contributed by atoms with Gasteiger partial charge in [-0.1, -0.05) is 19.1 Å². The number of nitrogens with zero attached hydrogens (tertiary/aromatic N) is 1. The lowest BCUT2D eigenvalue weighted by molar-refractivity contribution is -0.149. The van der Waals surface area contributed by atoms with Gasteiger partial charge in [0.25, 0.3) is 0 Å². The fourth-order valence-electron chi connectivity index (χ4n) is 2.68. The highest BCUT2D eigenvalue weighted by atomic mass is 19.1. The van der Waals surface area contributed by atoms with Gasteiger partial charge in [-0.2, -0.15) is 0 Å². The number of aliphatic carboxylic acids is 1. The average Bonchev–Trinajstić information content (AvgIpc) is 2.87. The topological polar surface area (TPSA) is 57.6 Å². The van der Waals surface area contributed by atoms with Gasteiger partial charge in [0.15, 0.2) is 0 Å². The van der Waals surface area contributed by atoms with Crippen LogP contribution in [0.5, 0.6) is 0 Å². The van der Waals surface area contributed by atoms with Crippen molar-refractivity contribution >= 4 is 11.9 Å². The molecule has 1 aromatic carbocycles. The standard InChI is InChI=1S/C15H18FNO3/c1-10(8-11-4-2-5-12(16)9-11)14(18)17-7-3-6-13(17)15(19)20/h2,4-5,9-10,13H,3,6-8H2,1H3,(H,19,20)/t10-,13-/m1/s1. The summed E-state index contributed by atoms with van der Waals surface area (Å²) in [5.74, 6) is -1.79. The van der Waals surface area contributed by atoms with Gasteiger partial charge < -0.3 is 10.0 Å². The Morgan fingerprint density at radius 2 is 2.25 bits per heavy atom. The largest absolute Gasteiger partial charge is 0.480 e. The molecule has 4 nitrogen and oxygen atoms in total. The second-order valence-corrected chi connectivity index (χ2v) is 5.26. The third kappa shape index (κ3) is 3.15. The molecule has 1 aliphatic rings. The Bertz CT molecular complexity index is 518. The molecule has 1 aliphatic heterocycles. The summed E-state index contributed by atoms with van der Waals surface area (Å²) in [4.78, 5) is 24.9. The molecule has 0 saturated carbocycles. The van der Waals surface area contributed by atoms with Crippen molar-refractivity contribution in [3.8, 4) is 0 Å². The molecule has 2 rings (SSSR count). The van der Waals surface area contributed by atoms with Crippen molar-refractivity contribution in [1.82, 2.24) is 4.90 Å². The van der Waals surface area contributed by atoms with Crippen molar-refractivity contribution in [1.29, 1.82) is 0 Å². The molecule has 1 amide bonds. The van der Waals surface area contributed by atoms with Gasteiger partial charge in [0, 0.05) is 12.5 Å². The first-order valence-corrected chi connectivity index (χ1v) is 6.76. The molecule has 0 radical (unpaired) electrons. The molecule has 5 heteroatoms. The molecule has 108 valence electrons. The second-order valence-electron chi connectivity index (χ2n) is 5.26. The molecular weight excluding hydrogens is 261 g/mol. The van der Waals surface area contributed by atoms with E-state index in [1.54, 1.807) is 19.1 Å². The molecule has 0 aliphatic carbocycles. The van der Waals surface area contributed by atoms with Crippen LogP contribution in [-0.4, -0.2) is 34.5 Å². The van der Waals surface area contributed by atoms with Crippen LogP contribution < -0.4 is 0 Å². The molecule has 20 heavy (non-hydrogen) atoms. The number of carboxylic acids is 1. The molecular formula is C15H18FNO3. The Morgan fingerprint density at radius 3 is 2.90 bits per heavy atom. The number of hydrogen-bond donors (Lipinski definition) is 1. The van der Waals surface area contributed by atoms with Gasteiger partial charge >= 0.3 is 5.97 Å². The van der Waals surface area contributed by atoms with E-state index in [1.165, 1.54) is 17.0 Å². The number of benzene rings is 1. The van der Waals surface area contributed by atoms with Gasteiger partial charge in [-0.05, 0) is 37.0 Å². The second kappa shape index (κ2) is 6.03. The Balaban J connectivity index is 2.03. The van der Waals surface area contributed by atoms with Crippen LogP contribution >= 0.6 is 0 Å². The average molecular weight is 279 g/mol. The molecule has 0 spiro atoms. The van der Waals surface area contributed by atoms with Gasteiger partial charge in [0.05, 0.1) is 0 Å². The minimum Gasteiger partial charge on any atom is -0.480 e. The fourth-order valence-corrected chi connectivity index (χ4v) is 2.68. The number of carbonyl (C=O) groups is 2. The van der Waals surface area contributed by atoms with E-state index in [4.69, 9.17) is 5.11 Å². The molecule has 1 aromatic rings. The van der Waals surface area contributed by atoms with E-state index in [2.05, 4.69) is 0 Å². The summed E-state index contributed by atoms with van der Waals surface area (Å²) in [5, 5.41) is 9.10. The van der Waals surface area contributed by atoms with Crippen LogP contribution in [0, 0.1) is 11.7 Å². The maximum absolute atomic E-state index is 13.1. The zero-order valence-electron chi connectivity index (χ0n) is 11.4. The summed E-state index contributed by atoms with van der Waals surface area (Å²) < 4.78 is 13.1. The minimum atomic E-state index is -0.950. The van der Waals surface area contributed by atoms with Crippen molar-refractivity contribution in [3.05, 3.63) is 35.6 Å². The number of halogens is 1. The monoisotopic (exact) mass is 279 g/mol. The highest BCUT2D eigenvalue weighted by Gasteiger charge is 2.35. The molecule has 1 fully saturated rings. The first-order valence-electron chi connectivity index (χ1n) is 6.76. The smallest absolute Gasteiger partial charge is 0.326 e. The quantitative estimate of drug-likeness (QED) is 0.918. The van der Waals surface area contributed by atoms with Crippen LogP contribution in [0.2, 0.25) is 0 Å². The number of amides is 1. The Kier molecular flexibility index (Phi) is 4.37. The molecule has 2 atom stereocenters. The lowest BCUT2D eigenvalue weighted by atomic mass is 9.99. The van der Waals surface area contributed by atoms with E-state index < -0.39 is 12.0 Å². The predicted molar refractivity (Wildman–Crippen MR) is 71.6 cm³/mol. The van der Waals surface area contributed by atoms with Crippen LogP contribution in [0.25, 0.3) is 0 Å². The molecule has 1 N–H and O–H groups in total. The molecule has 1 heterocycles. The van der Waals surface area contributed by atoms with Crippen molar-refractivity contribution in [2.24, 2.45) is 5.92 Å². The van der Waals surface area contributed by atoms with Gasteiger partial charge in [0.2, 0.25) is 5.91 Å². The summed E-state index contributed by atoms with van der Waals surface area (Å²) in [6, 6.07) is 5.43. The number of likely N-dealkylation sites (tertiary alicyclic amines) is 1. The minimum absolute atomic E-state index is 0.167. The van der Waals surface area contributed by atoms with E-state index in [0.29, 0.717) is 19.4 Å². The van der Waals surface area contributed by atoms with Crippen molar-refractivity contribution in [2.45, 2.75) is 32.2 Å². The molecule has 1 saturated heterocycles. The SMILES string of the molecule is C[C@H](Cc1cccc(F)c1)C(=O)N1CCC[C@@H]1C(=O)O. The lowest BCUT2D eigenvalue weighted by Gasteiger charge is -2.25. The number of hydrogen-bond acceptors (Lipinski definition) is 2. The highest BCUT2D eigenvalue weighted by Crippen LogP contribution is 2.21. The lowest BCUT2D eigenvalue weighted by Crippen LogP contribution is -2.43. The van der Waals surface area contributed by atoms with Gasteiger partial charge in [0.1, 0.15) is 11.9 Å². The van der Waals surface area contributed by atoms with Crippen LogP contribution in [0.15, 0.2) is 24.3 Å². The highest BCUT2D eigenvalue weighted by molar-refractivity contribution is 5.85. The third-order valence-electron chi connectivity index (χ3n) is 3.67. The van der Waals surface area contributed by atoms with E-state index >= 15 is 0 Å². The molecule has 0 unspecified atom stereocenters. The first-order chi connectivity index (χ1) is 9.49. The van der Waals surface area contributed by atoms with Gasteiger partial charge in [-0.15, -0.1) is 0 Å². The zero-order valence-corrected chi connectivity index (χ0v) is 11.4. The first kappa shape index (κ1) is 14.5. The summed E-state index contributed by atoms with van der Waals surface area (Å²) in [6.45, 7) is 2.24. The Labute approximate surface area is 117 Å². The van der Waals surface area contributed by atoms with E-state index in [1.807, 2.05) is 0 Å². The van der Waals surface area contributed by atoms with Crippen LogP contribution in [-0.2, 0) is 16.0 Å². The van der Waals surface area contributed by atoms with Crippen molar-refractivity contribution in [2.75, 3.05) is 6.54 Å². The molecule has 0 aromatic heterocycles. The third-order valence-corrected chi connectivity index (χ3v) is 3.67. The number of carbonyl (C=O) groups excluding carboxylic acids is 1. The summed E-state index contributed by atoms with van der Waals surface area (Å²) in [6.07, 6.45) is 1.64. The van der Waals surface area contributed by atoms with Crippen LogP contribution in [0.4, 0.5) is 4.39 Å². The maximum atomic E-state index is 13.1. The summed E-state index contributed by atoms with van der Waals surface area (Å²) in [5.41, 5.74) is 0.747. The van der Waals surface area contributed by atoms with Crippen LogP contribution in [0.3, 0.4) is 0 Å². The van der Waals surface area contributed by atoms with E-state index in [0.717, 1.165) is 12.0 Å².